The van der Waals surface area contributed by atoms with E-state index in [9.17, 15) is 17.2 Å². The number of aromatic nitrogens is 2. The molecular weight excluding hydrogens is 426 g/mol. The largest absolute Gasteiger partial charge is 0.386 e. The number of amidine groups is 1. The van der Waals surface area contributed by atoms with Gasteiger partial charge in [-0.3, -0.25) is 9.98 Å². The molecule has 1 atom stereocenters. The monoisotopic (exact) mass is 444 g/mol. The molecule has 0 fully saturated rings. The highest BCUT2D eigenvalue weighted by Crippen LogP contribution is 2.27. The molecular formula is C20H18F2N6O2S. The van der Waals surface area contributed by atoms with Gasteiger partial charge >= 0.3 is 0 Å². The highest BCUT2D eigenvalue weighted by atomic mass is 32.2. The summed E-state index contributed by atoms with van der Waals surface area (Å²) in [5, 5.41) is 10.9. The number of nitrogens with zero attached hydrogens (tertiary/aromatic N) is 4. The van der Waals surface area contributed by atoms with Crippen LogP contribution in [0.5, 0.6) is 0 Å². The minimum atomic E-state index is -3.82. The number of rotatable bonds is 6. The third-order valence-electron chi connectivity index (χ3n) is 4.68. The van der Waals surface area contributed by atoms with E-state index in [0.29, 0.717) is 5.69 Å². The van der Waals surface area contributed by atoms with Crippen LogP contribution < -0.4 is 11.1 Å². The summed E-state index contributed by atoms with van der Waals surface area (Å²) in [7, 11) is -2.44. The van der Waals surface area contributed by atoms with Crippen molar-refractivity contribution in [3.05, 3.63) is 59.4 Å². The van der Waals surface area contributed by atoms with Gasteiger partial charge in [0.05, 0.1) is 17.5 Å². The van der Waals surface area contributed by atoms with Crippen LogP contribution in [0.25, 0.3) is 10.9 Å². The number of fused-ring (bicyclic) bond motifs is 1. The maximum atomic E-state index is 14.3. The average molecular weight is 444 g/mol. The Bertz CT molecular complexity index is 1340. The van der Waals surface area contributed by atoms with Crippen molar-refractivity contribution in [2.24, 2.45) is 10.7 Å². The van der Waals surface area contributed by atoms with Gasteiger partial charge in [-0.05, 0) is 31.2 Å². The van der Waals surface area contributed by atoms with Crippen molar-refractivity contribution >= 4 is 38.1 Å². The molecule has 1 aromatic carbocycles. The molecule has 0 saturated heterocycles. The number of halogens is 2. The predicted octanol–water partition coefficient (Wildman–Crippen LogP) is 2.81. The van der Waals surface area contributed by atoms with E-state index in [0.717, 1.165) is 12.3 Å². The zero-order valence-electron chi connectivity index (χ0n) is 16.6. The lowest BCUT2D eigenvalue weighted by molar-refractivity contribution is 0.584. The van der Waals surface area contributed by atoms with Crippen LogP contribution in [0.1, 0.15) is 18.1 Å². The summed E-state index contributed by atoms with van der Waals surface area (Å²) < 4.78 is 53.5. The fraction of sp³-hybridized carbons (Fsp3) is 0.200. The molecule has 0 amide bonds. The zero-order valence-corrected chi connectivity index (χ0v) is 17.4. The molecule has 0 bridgehead atoms. The Hall–Kier alpha value is -3.65. The average Bonchev–Trinajstić information content (AvgIpc) is 2.76. The molecule has 3 N–H and O–H groups in total. The minimum absolute atomic E-state index is 0.0699. The number of nitrogens with two attached hydrogens (primary N) is 1. The van der Waals surface area contributed by atoms with Gasteiger partial charge in [0.15, 0.2) is 21.5 Å². The van der Waals surface area contributed by atoms with Gasteiger partial charge in [0, 0.05) is 29.9 Å². The Morgan fingerprint density at radius 1 is 1.26 bits per heavy atom. The van der Waals surface area contributed by atoms with E-state index < -0.39 is 32.5 Å². The summed E-state index contributed by atoms with van der Waals surface area (Å²) in [4.78, 5) is 11.7. The number of nitrogens with one attached hydrogen (secondary N) is 1. The van der Waals surface area contributed by atoms with E-state index >= 15 is 0 Å². The van der Waals surface area contributed by atoms with E-state index in [-0.39, 0.29) is 33.7 Å². The quantitative estimate of drug-likeness (QED) is 0.441. The maximum absolute atomic E-state index is 14.3. The van der Waals surface area contributed by atoms with Crippen LogP contribution in [0.2, 0.25) is 0 Å². The fourth-order valence-electron chi connectivity index (χ4n) is 2.85. The summed E-state index contributed by atoms with van der Waals surface area (Å²) in [5.74, 6) is -1.86. The molecule has 8 nitrogen and oxygen atoms in total. The molecule has 0 aliphatic carbocycles. The van der Waals surface area contributed by atoms with Gasteiger partial charge < -0.3 is 11.1 Å². The van der Waals surface area contributed by atoms with Crippen LogP contribution in [0, 0.1) is 23.0 Å². The van der Waals surface area contributed by atoms with Gasteiger partial charge in [-0.2, -0.15) is 5.26 Å². The molecule has 0 spiro atoms. The lowest BCUT2D eigenvalue weighted by Gasteiger charge is -2.14. The van der Waals surface area contributed by atoms with Crippen LogP contribution in [-0.4, -0.2) is 36.5 Å². The molecule has 2 heterocycles. The normalized spacial score (nSPS) is 13.1. The molecule has 0 aliphatic heterocycles. The van der Waals surface area contributed by atoms with Crippen LogP contribution in [0.15, 0.2) is 41.7 Å². The second-order valence-corrected chi connectivity index (χ2v) is 9.04. The molecule has 1 unspecified atom stereocenters. The van der Waals surface area contributed by atoms with Crippen LogP contribution in [0.3, 0.4) is 0 Å². The van der Waals surface area contributed by atoms with Crippen molar-refractivity contribution < 1.29 is 17.2 Å². The van der Waals surface area contributed by atoms with Crippen molar-refractivity contribution in [2.75, 3.05) is 12.4 Å². The molecule has 0 saturated carbocycles. The van der Waals surface area contributed by atoms with E-state index in [2.05, 4.69) is 20.3 Å². The Labute approximate surface area is 177 Å². The smallest absolute Gasteiger partial charge is 0.164 e. The third-order valence-corrected chi connectivity index (χ3v) is 6.72. The van der Waals surface area contributed by atoms with Crippen LogP contribution >= 0.6 is 0 Å². The Morgan fingerprint density at radius 2 is 2.00 bits per heavy atom. The maximum Gasteiger partial charge on any atom is 0.164 e. The first-order valence-corrected chi connectivity index (χ1v) is 10.7. The van der Waals surface area contributed by atoms with E-state index in [1.54, 1.807) is 0 Å². The second-order valence-electron chi connectivity index (χ2n) is 6.72. The first kappa shape index (κ1) is 22.0. The van der Waals surface area contributed by atoms with Gasteiger partial charge in [-0.15, -0.1) is 0 Å². The fourth-order valence-corrected chi connectivity index (χ4v) is 4.23. The molecule has 3 rings (SSSR count). The summed E-state index contributed by atoms with van der Waals surface area (Å²) in [6.07, 6.45) is 2.25. The molecule has 0 aliphatic rings. The molecule has 31 heavy (non-hydrogen) atoms. The van der Waals surface area contributed by atoms with Crippen molar-refractivity contribution in [1.29, 1.82) is 5.26 Å². The first-order valence-electron chi connectivity index (χ1n) is 8.99. The van der Waals surface area contributed by atoms with Crippen molar-refractivity contribution in [3.63, 3.8) is 0 Å². The number of hydrogen-bond acceptors (Lipinski definition) is 7. The Balaban J connectivity index is 1.96. The van der Waals surface area contributed by atoms with Gasteiger partial charge in [0.25, 0.3) is 0 Å². The molecule has 3 aromatic rings. The standard InChI is InChI=1S/C20H18F2N6O2S/c1-11(19(24)25-2)31(29,30)10-13-6-14(3-4-16(13)21)28-20-18-15(17(22)9-27-20)5-12(7-23)8-26-18/h3-6,8-9,11H,10H2,1-2H3,(H2,24,25)(H,27,28). The third kappa shape index (κ3) is 4.59. The van der Waals surface area contributed by atoms with Crippen molar-refractivity contribution in [2.45, 2.75) is 17.9 Å². The van der Waals surface area contributed by atoms with Gasteiger partial charge in [-0.1, -0.05) is 0 Å². The molecule has 2 aromatic heterocycles. The lowest BCUT2D eigenvalue weighted by Crippen LogP contribution is -2.34. The summed E-state index contributed by atoms with van der Waals surface area (Å²) in [6, 6.07) is 7.05. The topological polar surface area (TPSA) is 134 Å². The number of anilines is 2. The van der Waals surface area contributed by atoms with Gasteiger partial charge in [0.1, 0.15) is 28.5 Å². The van der Waals surface area contributed by atoms with Crippen molar-refractivity contribution in [3.8, 4) is 6.07 Å². The number of nitriles is 1. The van der Waals surface area contributed by atoms with Crippen molar-refractivity contribution in [1.82, 2.24) is 9.97 Å². The Kier molecular flexibility index (Phi) is 6.12. The van der Waals surface area contributed by atoms with Crippen LogP contribution in [-0.2, 0) is 15.6 Å². The van der Waals surface area contributed by atoms with Gasteiger partial charge in [0.2, 0.25) is 0 Å². The summed E-state index contributed by atoms with van der Waals surface area (Å²) in [6.45, 7) is 1.38. The van der Waals surface area contributed by atoms with Gasteiger partial charge in [-0.25, -0.2) is 22.2 Å². The van der Waals surface area contributed by atoms with Crippen LogP contribution in [0.4, 0.5) is 20.3 Å². The molecule has 11 heteroatoms. The van der Waals surface area contributed by atoms with E-state index in [1.807, 2.05) is 6.07 Å². The SMILES string of the molecule is CN=C(N)C(C)S(=O)(=O)Cc1cc(Nc2ncc(F)c3cc(C#N)cnc23)ccc1F. The minimum Gasteiger partial charge on any atom is -0.386 e. The first-order chi connectivity index (χ1) is 14.7. The van der Waals surface area contributed by atoms with E-state index in [1.165, 1.54) is 38.4 Å². The zero-order chi connectivity index (χ0) is 22.8. The van der Waals surface area contributed by atoms with E-state index in [4.69, 9.17) is 11.0 Å². The number of benzene rings is 1. The molecule has 160 valence electrons. The number of aliphatic imine (C=N–C) groups is 1. The summed E-state index contributed by atoms with van der Waals surface area (Å²) in [5.41, 5.74) is 6.20. The highest BCUT2D eigenvalue weighted by Gasteiger charge is 2.26. The summed E-state index contributed by atoms with van der Waals surface area (Å²) >= 11 is 0. The lowest BCUT2D eigenvalue weighted by atomic mass is 10.2. The number of hydrogen-bond donors (Lipinski definition) is 2. The number of pyridine rings is 2. The molecule has 0 radical (unpaired) electrons. The second kappa shape index (κ2) is 8.61. The highest BCUT2D eigenvalue weighted by molar-refractivity contribution is 7.92. The predicted molar refractivity (Wildman–Crippen MR) is 114 cm³/mol. The Morgan fingerprint density at radius 3 is 2.68 bits per heavy atom. The number of sulfone groups is 1.